The molecule has 0 bridgehead atoms. The van der Waals surface area contributed by atoms with E-state index in [-0.39, 0.29) is 12.5 Å². The van der Waals surface area contributed by atoms with Crippen molar-refractivity contribution in [1.82, 2.24) is 5.32 Å². The van der Waals surface area contributed by atoms with Crippen LogP contribution in [0.5, 0.6) is 0 Å². The summed E-state index contributed by atoms with van der Waals surface area (Å²) in [6.07, 6.45) is 82.5. The zero-order valence-electron chi connectivity index (χ0n) is 53.9. The number of carbonyl (C=O) groups is 1. The van der Waals surface area contributed by atoms with Crippen LogP contribution in [0, 0.1) is 0 Å². The zero-order chi connectivity index (χ0) is 60.0. The highest BCUT2D eigenvalue weighted by molar-refractivity contribution is 5.76. The molecule has 0 aromatic carbocycles. The Hall–Kier alpha value is -2.63. The van der Waals surface area contributed by atoms with Gasteiger partial charge in [0.15, 0.2) is 6.29 Å². The van der Waals surface area contributed by atoms with Crippen molar-refractivity contribution in [2.75, 3.05) is 13.2 Å². The molecule has 0 spiro atoms. The maximum atomic E-state index is 13.1. The lowest BCUT2D eigenvalue weighted by Crippen LogP contribution is -2.60. The fourth-order valence-corrected chi connectivity index (χ4v) is 11.0. The van der Waals surface area contributed by atoms with Crippen LogP contribution in [0.1, 0.15) is 322 Å². The van der Waals surface area contributed by atoms with Gasteiger partial charge in [0, 0.05) is 6.42 Å². The molecule has 0 aromatic rings. The van der Waals surface area contributed by atoms with E-state index >= 15 is 0 Å². The third-order valence-corrected chi connectivity index (χ3v) is 16.5. The summed E-state index contributed by atoms with van der Waals surface area (Å²) in [4.78, 5) is 13.1. The number of aliphatic hydroxyl groups is 5. The number of carbonyl (C=O) groups excluding carboxylic acids is 1. The van der Waals surface area contributed by atoms with Crippen LogP contribution in [-0.4, -0.2) is 87.5 Å². The first kappa shape index (κ1) is 78.4. The van der Waals surface area contributed by atoms with Crippen molar-refractivity contribution in [1.29, 1.82) is 0 Å². The van der Waals surface area contributed by atoms with Gasteiger partial charge in [0.25, 0.3) is 0 Å². The molecule has 1 heterocycles. The molecule has 1 aliphatic rings. The number of rotatable bonds is 61. The van der Waals surface area contributed by atoms with E-state index in [9.17, 15) is 30.3 Å². The molecule has 0 aromatic heterocycles. The molecule has 7 unspecified atom stereocenters. The van der Waals surface area contributed by atoms with Gasteiger partial charge in [0.05, 0.1) is 25.4 Å². The molecular weight excluding hydrogens is 1030 g/mol. The maximum absolute atomic E-state index is 13.1. The fraction of sp³-hybridized carbons (Fsp3) is 0.797. The fourth-order valence-electron chi connectivity index (χ4n) is 11.0. The summed E-state index contributed by atoms with van der Waals surface area (Å²) in [6.45, 7) is 3.70. The Balaban J connectivity index is 2.15. The Morgan fingerprint density at radius 1 is 0.422 bits per heavy atom. The summed E-state index contributed by atoms with van der Waals surface area (Å²) in [7, 11) is 0. The first-order valence-corrected chi connectivity index (χ1v) is 35.3. The standard InChI is InChI=1S/C74H133NO8/c1-3-5-7-9-11-13-15-17-19-21-23-25-27-29-31-33-34-36-37-39-41-43-45-47-49-51-53-55-57-59-61-63-68(77)67(66-82-74-73(81)72(80)71(79)69(65-76)83-74)75-70(78)64-62-60-58-56-54-52-50-48-46-44-42-40-38-35-32-30-28-26-24-22-20-18-16-14-12-10-8-6-4-2/h6,8,12,14,18,20,24,26,30,32,38,40,61,63,67-69,71-74,76-77,79-81H,3-5,7,9-11,13,15-17,19,21-23,25,27-29,31,33-37,39,41-60,62,64-66H2,1-2H3,(H,75,78)/b8-6-,14-12-,20-18-,26-24-,32-30-,40-38-,63-61+. The first-order chi connectivity index (χ1) is 40.8. The predicted molar refractivity (Wildman–Crippen MR) is 355 cm³/mol. The number of nitrogens with one attached hydrogen (secondary N) is 1. The van der Waals surface area contributed by atoms with E-state index in [1.807, 2.05) is 6.08 Å². The van der Waals surface area contributed by atoms with E-state index in [2.05, 4.69) is 92.1 Å². The van der Waals surface area contributed by atoms with Gasteiger partial charge >= 0.3 is 0 Å². The number of hydrogen-bond acceptors (Lipinski definition) is 8. The largest absolute Gasteiger partial charge is 0.394 e. The SMILES string of the molecule is CC/C=C\C/C=C\C/C=C\C/C=C\C/C=C\C/C=C\CCCCCCCCCCCCC(=O)NC(COC1OC(CO)C(O)C(O)C1O)C(O)/C=C/CCCCCCCCCCCCCCCCCCCCCCCCCCCCCCC. The van der Waals surface area contributed by atoms with Gasteiger partial charge in [0.2, 0.25) is 5.91 Å². The summed E-state index contributed by atoms with van der Waals surface area (Å²) in [6, 6.07) is -0.815. The van der Waals surface area contributed by atoms with Crippen LogP contribution in [0.15, 0.2) is 85.1 Å². The third kappa shape index (κ3) is 51.2. The number of amides is 1. The van der Waals surface area contributed by atoms with E-state index in [1.54, 1.807) is 6.08 Å². The van der Waals surface area contributed by atoms with Crippen molar-refractivity contribution < 1.29 is 39.8 Å². The lowest BCUT2D eigenvalue weighted by Gasteiger charge is -2.40. The minimum Gasteiger partial charge on any atom is -0.394 e. The Labute approximate surface area is 511 Å². The van der Waals surface area contributed by atoms with E-state index in [0.29, 0.717) is 6.42 Å². The molecule has 0 saturated carbocycles. The normalized spacial score (nSPS) is 18.8. The number of allylic oxidation sites excluding steroid dienone is 13. The van der Waals surface area contributed by atoms with Gasteiger partial charge in [-0.3, -0.25) is 4.79 Å². The minimum absolute atomic E-state index is 0.181. The zero-order valence-corrected chi connectivity index (χ0v) is 53.9. The lowest BCUT2D eigenvalue weighted by molar-refractivity contribution is -0.302. The molecule has 1 saturated heterocycles. The van der Waals surface area contributed by atoms with Gasteiger partial charge in [-0.1, -0.05) is 330 Å². The molecule has 83 heavy (non-hydrogen) atoms. The van der Waals surface area contributed by atoms with Crippen molar-refractivity contribution >= 4 is 5.91 Å². The van der Waals surface area contributed by atoms with Crippen LogP contribution in [-0.2, 0) is 14.3 Å². The van der Waals surface area contributed by atoms with Crippen LogP contribution in [0.2, 0.25) is 0 Å². The van der Waals surface area contributed by atoms with E-state index in [4.69, 9.17) is 9.47 Å². The molecule has 1 amide bonds. The van der Waals surface area contributed by atoms with Crippen LogP contribution in [0.4, 0.5) is 0 Å². The Bertz CT molecular complexity index is 1590. The van der Waals surface area contributed by atoms with Gasteiger partial charge in [-0.05, 0) is 70.6 Å². The van der Waals surface area contributed by atoms with Crippen LogP contribution >= 0.6 is 0 Å². The summed E-state index contributed by atoms with van der Waals surface area (Å²) >= 11 is 0. The quantitative estimate of drug-likeness (QED) is 0.0261. The highest BCUT2D eigenvalue weighted by atomic mass is 16.7. The molecular formula is C74H133NO8. The molecule has 482 valence electrons. The molecule has 1 rings (SSSR count). The molecule has 0 aliphatic carbocycles. The molecule has 0 radical (unpaired) electrons. The highest BCUT2D eigenvalue weighted by Gasteiger charge is 2.44. The molecule has 7 atom stereocenters. The summed E-state index contributed by atoms with van der Waals surface area (Å²) in [5.41, 5.74) is 0. The number of ether oxygens (including phenoxy) is 2. The number of unbranched alkanes of at least 4 members (excludes halogenated alkanes) is 39. The van der Waals surface area contributed by atoms with E-state index < -0.39 is 49.5 Å². The summed E-state index contributed by atoms with van der Waals surface area (Å²) in [5.74, 6) is -0.181. The second-order valence-corrected chi connectivity index (χ2v) is 24.3. The van der Waals surface area contributed by atoms with Gasteiger partial charge in [-0.2, -0.15) is 0 Å². The van der Waals surface area contributed by atoms with Crippen molar-refractivity contribution in [3.8, 4) is 0 Å². The molecule has 1 fully saturated rings. The van der Waals surface area contributed by atoms with E-state index in [0.717, 1.165) is 83.5 Å². The highest BCUT2D eigenvalue weighted by Crippen LogP contribution is 2.23. The second-order valence-electron chi connectivity index (χ2n) is 24.3. The van der Waals surface area contributed by atoms with Gasteiger partial charge in [-0.15, -0.1) is 0 Å². The summed E-state index contributed by atoms with van der Waals surface area (Å²) in [5, 5.41) is 54.8. The molecule has 9 nitrogen and oxygen atoms in total. The van der Waals surface area contributed by atoms with Gasteiger partial charge < -0.3 is 40.3 Å². The topological polar surface area (TPSA) is 149 Å². The van der Waals surface area contributed by atoms with Crippen LogP contribution in [0.25, 0.3) is 0 Å². The molecule has 1 aliphatic heterocycles. The lowest BCUT2D eigenvalue weighted by atomic mass is 9.99. The van der Waals surface area contributed by atoms with Crippen molar-refractivity contribution in [2.45, 2.75) is 365 Å². The third-order valence-electron chi connectivity index (χ3n) is 16.5. The number of aliphatic hydroxyl groups excluding tert-OH is 5. The first-order valence-electron chi connectivity index (χ1n) is 35.3. The maximum Gasteiger partial charge on any atom is 0.220 e. The summed E-state index contributed by atoms with van der Waals surface area (Å²) < 4.78 is 11.3. The monoisotopic (exact) mass is 1160 g/mol. The molecule has 9 heteroatoms. The van der Waals surface area contributed by atoms with Gasteiger partial charge in [0.1, 0.15) is 24.4 Å². The number of hydrogen-bond donors (Lipinski definition) is 6. The van der Waals surface area contributed by atoms with Gasteiger partial charge in [-0.25, -0.2) is 0 Å². The van der Waals surface area contributed by atoms with E-state index in [1.165, 1.54) is 218 Å². The Morgan fingerprint density at radius 2 is 0.747 bits per heavy atom. The second kappa shape index (κ2) is 62.4. The van der Waals surface area contributed by atoms with Crippen molar-refractivity contribution in [3.05, 3.63) is 85.1 Å². The Morgan fingerprint density at radius 3 is 1.11 bits per heavy atom. The molecule has 6 N–H and O–H groups in total. The van der Waals surface area contributed by atoms with Crippen LogP contribution in [0.3, 0.4) is 0 Å². The predicted octanol–water partition coefficient (Wildman–Crippen LogP) is 19.3. The Kier molecular flexibility index (Phi) is 59.0. The van der Waals surface area contributed by atoms with Crippen molar-refractivity contribution in [2.24, 2.45) is 0 Å². The average molecular weight is 1160 g/mol. The smallest absolute Gasteiger partial charge is 0.220 e. The average Bonchev–Trinajstić information content (AvgIpc) is 3.60. The van der Waals surface area contributed by atoms with Crippen LogP contribution < -0.4 is 5.32 Å². The minimum atomic E-state index is -1.57. The van der Waals surface area contributed by atoms with Crippen molar-refractivity contribution in [3.63, 3.8) is 0 Å².